The molecule has 0 aliphatic carbocycles. The molecule has 8 nitrogen and oxygen atoms in total. The van der Waals surface area contributed by atoms with Crippen LogP contribution in [0, 0.1) is 0 Å². The molecule has 0 rings (SSSR count). The summed E-state index contributed by atoms with van der Waals surface area (Å²) in [6.45, 7) is 0. The first-order valence-electron chi connectivity index (χ1n) is 7.74. The Bertz CT molecular complexity index is 244. The summed E-state index contributed by atoms with van der Waals surface area (Å²) < 4.78 is 25.2. The molecular formula is H32Cl6N8Si12. The maximum absolute atomic E-state index is 6.16. The molecule has 26 heavy (non-hydrogen) atoms. The van der Waals surface area contributed by atoms with E-state index < -0.39 is 53.9 Å². The van der Waals surface area contributed by atoms with Crippen LogP contribution < -0.4 is 27.9 Å². The summed E-state index contributed by atoms with van der Waals surface area (Å²) >= 11 is 34.6. The Morgan fingerprint density at radius 2 is 0.808 bits per heavy atom. The fraction of sp³-hybridized carbons (Fsp3) is 0. The predicted molar refractivity (Wildman–Crippen MR) is 162 cm³/mol. The van der Waals surface area contributed by atoms with Gasteiger partial charge in [0, 0.05) is 1.43 Å². The Labute approximate surface area is 214 Å². The van der Waals surface area contributed by atoms with Crippen LogP contribution in [0.5, 0.6) is 0 Å². The molecule has 0 saturated heterocycles. The molecule has 6 N–H and O–H groups in total. The lowest BCUT2D eigenvalue weighted by Crippen LogP contribution is -2.55. The molecule has 0 spiro atoms. The van der Waals surface area contributed by atoms with E-state index in [1.54, 1.807) is 0 Å². The van der Waals surface area contributed by atoms with Crippen molar-refractivity contribution in [2.45, 2.75) is 0 Å². The van der Waals surface area contributed by atoms with Gasteiger partial charge in [0.05, 0.1) is 0 Å². The van der Waals surface area contributed by atoms with E-state index in [-0.39, 0.29) is 60.5 Å². The molecule has 0 unspecified atom stereocenters. The molecule has 0 amide bonds. The van der Waals surface area contributed by atoms with Gasteiger partial charge in [-0.3, -0.25) is 0 Å². The van der Waals surface area contributed by atoms with Gasteiger partial charge in [0.15, 0.2) is 103 Å². The lowest BCUT2D eigenvalue weighted by Gasteiger charge is -2.27. The Kier molecular flexibility index (Phi) is 35.9. The summed E-state index contributed by atoms with van der Waals surface area (Å²) in [5, 5.41) is 0. The van der Waals surface area contributed by atoms with Crippen LogP contribution in [0.1, 0.15) is 1.43 Å². The van der Waals surface area contributed by atoms with Gasteiger partial charge in [-0.2, -0.15) is 66.5 Å². The fourth-order valence-electron chi connectivity index (χ4n) is 1.43. The molecular weight excluding hydrogens is 662 g/mol. The first kappa shape index (κ1) is 32.2. The number of halogens is 6. The fourth-order valence-corrected chi connectivity index (χ4v) is 34.7. The van der Waals surface area contributed by atoms with E-state index >= 15 is 0 Å². The third-order valence-electron chi connectivity index (χ3n) is 2.54. The third-order valence-corrected chi connectivity index (χ3v) is 35.7. The second-order valence-corrected chi connectivity index (χ2v) is 35.5. The monoisotopic (exact) mass is 690 g/mol. The van der Waals surface area contributed by atoms with Crippen LogP contribution in [0.4, 0.5) is 0 Å². The molecule has 0 aromatic carbocycles. The number of nitrogens with one attached hydrogen (secondary N) is 6. The Balaban J connectivity index is -0.000000612. The van der Waals surface area contributed by atoms with Crippen LogP contribution in [0.3, 0.4) is 0 Å². The van der Waals surface area contributed by atoms with Crippen molar-refractivity contribution in [2.24, 2.45) is 0 Å². The van der Waals surface area contributed by atoms with E-state index in [4.69, 9.17) is 66.5 Å². The molecule has 0 fully saturated rings. The van der Waals surface area contributed by atoms with Crippen LogP contribution in [0.15, 0.2) is 0 Å². The molecule has 26 heteroatoms. The minimum absolute atomic E-state index is 0. The zero-order chi connectivity index (χ0) is 19.9. The topological polar surface area (TPSA) is 78.7 Å². The van der Waals surface area contributed by atoms with Gasteiger partial charge >= 0.3 is 0 Å². The molecule has 0 aliphatic rings. The van der Waals surface area contributed by atoms with Crippen LogP contribution in [-0.4, -0.2) is 121 Å². The number of hydrogen-bond donors (Lipinski definition) is 6. The number of rotatable bonds is 18. The van der Waals surface area contributed by atoms with E-state index in [2.05, 4.69) is 35.7 Å². The van der Waals surface area contributed by atoms with Gasteiger partial charge in [0.1, 0.15) is 9.84 Å². The lowest BCUT2D eigenvalue weighted by molar-refractivity contribution is 0.943. The van der Waals surface area contributed by atoms with Crippen LogP contribution in [-0.2, 0) is 0 Å². The van der Waals surface area contributed by atoms with Crippen molar-refractivity contribution in [3.8, 4) is 0 Å². The molecule has 0 saturated carbocycles. The Hall–Kier alpha value is 4.02. The molecule has 0 aromatic heterocycles. The molecule has 0 radical (unpaired) electrons. The highest BCUT2D eigenvalue weighted by Gasteiger charge is 2.11. The van der Waals surface area contributed by atoms with E-state index in [0.717, 1.165) is 0 Å². The van der Waals surface area contributed by atoms with Gasteiger partial charge in [0.2, 0.25) is 0 Å². The maximum atomic E-state index is 6.16. The minimum Gasteiger partial charge on any atom is -0.348 e. The lowest BCUT2D eigenvalue weighted by atomic mass is 13.7. The predicted octanol–water partition coefficient (Wildman–Crippen LogP) is -10.2. The number of nitrogens with zero attached hydrogens (tertiary/aromatic N) is 2. The normalized spacial score (nSPS) is 16.6. The second kappa shape index (κ2) is 29.0. The van der Waals surface area contributed by atoms with Crippen molar-refractivity contribution >= 4 is 179 Å². The van der Waals surface area contributed by atoms with Crippen molar-refractivity contribution < 1.29 is 1.43 Å². The van der Waals surface area contributed by atoms with Gasteiger partial charge in [0.25, 0.3) is 0 Å². The average molecular weight is 694 g/mol. The van der Waals surface area contributed by atoms with Gasteiger partial charge in [-0.15, -0.1) is 0 Å². The highest BCUT2D eigenvalue weighted by Crippen LogP contribution is 1.87. The third kappa shape index (κ3) is 26.1. The van der Waals surface area contributed by atoms with Gasteiger partial charge < -0.3 is 35.7 Å². The largest absolute Gasteiger partial charge is 0.348 e. The first-order valence-corrected chi connectivity index (χ1v) is 32.9. The standard InChI is InChI=1S/Cl4H22N6Si9.Cl2H8N2Si3.H2/c1-11-5-15-7-17-9(13-3)19-10(14-4)18-8-16-6-12-2;1-5-3-7-4-6-2;/h5-8H,11-19H2;3-4H,5-7H2;1H. The van der Waals surface area contributed by atoms with Crippen LogP contribution in [0.2, 0.25) is 0 Å². The smallest absolute Gasteiger partial charge is 0.189 e. The quantitative estimate of drug-likeness (QED) is 0.0481. The summed E-state index contributed by atoms with van der Waals surface area (Å²) in [6, 6.07) is 0. The molecule has 0 aromatic rings. The Morgan fingerprint density at radius 3 is 1.08 bits per heavy atom. The average Bonchev–Trinajstić information content (AvgIpc) is 2.67. The number of hydrogen-bond acceptors (Lipinski definition) is 8. The molecule has 0 atom stereocenters. The van der Waals surface area contributed by atoms with Crippen molar-refractivity contribution in [3.63, 3.8) is 0 Å². The summed E-state index contributed by atoms with van der Waals surface area (Å²) in [4.78, 5) is 0. The highest BCUT2D eigenvalue weighted by atomic mass is 35.6. The minimum atomic E-state index is -0.554. The molecule has 0 aliphatic heterocycles. The molecule has 0 bridgehead atoms. The van der Waals surface area contributed by atoms with Crippen molar-refractivity contribution in [1.82, 2.24) is 35.7 Å². The van der Waals surface area contributed by atoms with Crippen molar-refractivity contribution in [3.05, 3.63) is 0 Å². The first-order chi connectivity index (χ1) is 12.7. The van der Waals surface area contributed by atoms with Crippen LogP contribution in [0.25, 0.3) is 0 Å². The second-order valence-electron chi connectivity index (χ2n) is 4.60. The summed E-state index contributed by atoms with van der Waals surface area (Å²) in [5.41, 5.74) is 0. The SMILES string of the molecule is Cl[SiH2]N[SiH2]N[SiH2]Cl.Cl[SiH2]N[SiH2]N[SiH2]N([SiH2]Cl)[SiH2]N([SiH2]Cl)[SiH2]N[SiH2]N[SiH2]Cl.[HH]. The Morgan fingerprint density at radius 1 is 0.500 bits per heavy atom. The van der Waals surface area contributed by atoms with E-state index in [0.29, 0.717) is 0 Å². The molecule has 0 heterocycles. The highest BCUT2D eigenvalue weighted by molar-refractivity contribution is 7.02. The van der Waals surface area contributed by atoms with E-state index in [9.17, 15) is 0 Å². The molecule has 162 valence electrons. The van der Waals surface area contributed by atoms with Gasteiger partial charge in [-0.25, -0.2) is 0 Å². The van der Waals surface area contributed by atoms with Crippen LogP contribution >= 0.6 is 66.5 Å². The van der Waals surface area contributed by atoms with Crippen molar-refractivity contribution in [1.29, 1.82) is 0 Å². The summed E-state index contributed by atoms with van der Waals surface area (Å²) in [7, 11) is -4.89. The van der Waals surface area contributed by atoms with E-state index in [1.165, 1.54) is 0 Å². The van der Waals surface area contributed by atoms with Gasteiger partial charge in [-0.1, -0.05) is 0 Å². The zero-order valence-corrected chi connectivity index (χ0v) is 36.2. The maximum Gasteiger partial charge on any atom is 0.189 e. The summed E-state index contributed by atoms with van der Waals surface area (Å²) in [6.07, 6.45) is 0. The van der Waals surface area contributed by atoms with Gasteiger partial charge in [-0.05, 0) is 0 Å². The zero-order valence-electron chi connectivity index (χ0n) is 14.6. The summed E-state index contributed by atoms with van der Waals surface area (Å²) in [5.74, 6) is 0. The van der Waals surface area contributed by atoms with Crippen molar-refractivity contribution in [2.75, 3.05) is 0 Å². The van der Waals surface area contributed by atoms with E-state index in [1.807, 2.05) is 0 Å².